The van der Waals surface area contributed by atoms with E-state index in [0.717, 1.165) is 77.5 Å². The number of pyridine rings is 2. The van der Waals surface area contributed by atoms with Crippen molar-refractivity contribution >= 4 is 90.4 Å². The molecule has 0 aliphatic rings. The highest BCUT2D eigenvalue weighted by Crippen LogP contribution is 2.27. The van der Waals surface area contributed by atoms with E-state index in [1.807, 2.05) is 14.1 Å². The fourth-order valence-electron chi connectivity index (χ4n) is 13.0. The molecule has 0 saturated carbocycles. The van der Waals surface area contributed by atoms with Crippen LogP contribution in [0.15, 0.2) is 84.9 Å². The third-order valence-corrected chi connectivity index (χ3v) is 19.3. The number of anilines is 2. The lowest BCUT2D eigenvalue weighted by atomic mass is 10.0. The second-order valence-electron chi connectivity index (χ2n) is 29.2. The monoisotopic (exact) mass is 1590 g/mol. The van der Waals surface area contributed by atoms with E-state index in [9.17, 15) is 28.8 Å². The van der Waals surface area contributed by atoms with Gasteiger partial charge in [0.1, 0.15) is 13.1 Å². The van der Waals surface area contributed by atoms with Gasteiger partial charge in [0, 0.05) is 236 Å². The number of hydrogen-bond donors (Lipinski definition) is 7. The van der Waals surface area contributed by atoms with Gasteiger partial charge in [0.05, 0.1) is 79.3 Å². The fraction of sp³-hybridized carbons (Fsp3) is 0.632. The van der Waals surface area contributed by atoms with Crippen molar-refractivity contribution in [2.75, 3.05) is 217 Å². The number of hydrogen-bond acceptors (Lipinski definition) is 19. The van der Waals surface area contributed by atoms with Crippen molar-refractivity contribution in [2.24, 2.45) is 0 Å². The third kappa shape index (κ3) is 39.7. The van der Waals surface area contributed by atoms with Crippen LogP contribution in [0.4, 0.5) is 11.4 Å². The van der Waals surface area contributed by atoms with Gasteiger partial charge in [0.2, 0.25) is 57.5 Å². The third-order valence-electron chi connectivity index (χ3n) is 19.3. The zero-order chi connectivity index (χ0) is 81.4. The Labute approximate surface area is 677 Å². The molecule has 634 valence electrons. The highest BCUT2D eigenvalue weighted by molar-refractivity contribution is 5.92. The van der Waals surface area contributed by atoms with E-state index in [0.29, 0.717) is 216 Å². The van der Waals surface area contributed by atoms with Crippen LogP contribution in [0.1, 0.15) is 140 Å². The molecule has 0 spiro atoms. The van der Waals surface area contributed by atoms with E-state index in [-0.39, 0.29) is 54.7 Å². The number of amides is 6. The van der Waals surface area contributed by atoms with E-state index in [1.54, 1.807) is 11.9 Å². The number of carbonyl (C=O) groups is 6. The summed E-state index contributed by atoms with van der Waals surface area (Å²) in [5.74, 6) is -0.125. The highest BCUT2D eigenvalue weighted by Gasteiger charge is 2.21. The number of fused-ring (bicyclic) bond motifs is 4. The number of nitrogens with one attached hydrogen (secondary N) is 7. The molecule has 2 heterocycles. The van der Waals surface area contributed by atoms with Crippen LogP contribution in [0.5, 0.6) is 0 Å². The van der Waals surface area contributed by atoms with Gasteiger partial charge in [0.25, 0.3) is 0 Å². The zero-order valence-corrected chi connectivity index (χ0v) is 69.9. The van der Waals surface area contributed by atoms with E-state index >= 15 is 0 Å². The summed E-state index contributed by atoms with van der Waals surface area (Å²) in [6.45, 7) is 15.0. The van der Waals surface area contributed by atoms with Gasteiger partial charge < -0.3 is 94.5 Å². The summed E-state index contributed by atoms with van der Waals surface area (Å²) in [4.78, 5) is 80.6. The van der Waals surface area contributed by atoms with Crippen LogP contribution in [0.3, 0.4) is 0 Å². The molecular formula is C87H138N12O15+2. The number of ether oxygens (including phenoxy) is 9. The molecule has 27 nitrogen and oxygen atoms in total. The van der Waals surface area contributed by atoms with E-state index < -0.39 is 0 Å². The van der Waals surface area contributed by atoms with Crippen molar-refractivity contribution in [1.29, 1.82) is 0 Å². The van der Waals surface area contributed by atoms with E-state index in [4.69, 9.17) is 42.6 Å². The van der Waals surface area contributed by atoms with Crippen LogP contribution in [0, 0.1) is 0 Å². The Balaban J connectivity index is 0.596. The van der Waals surface area contributed by atoms with Gasteiger partial charge in [-0.05, 0) is 151 Å². The van der Waals surface area contributed by atoms with E-state index in [2.05, 4.69) is 169 Å². The van der Waals surface area contributed by atoms with Crippen molar-refractivity contribution < 1.29 is 80.5 Å². The lowest BCUT2D eigenvalue weighted by Crippen LogP contribution is -2.36. The first-order valence-electron chi connectivity index (χ1n) is 41.8. The van der Waals surface area contributed by atoms with Gasteiger partial charge in [-0.2, -0.15) is 9.13 Å². The van der Waals surface area contributed by atoms with Crippen LogP contribution >= 0.6 is 0 Å². The normalized spacial score (nSPS) is 11.5. The van der Waals surface area contributed by atoms with E-state index in [1.165, 1.54) is 66.1 Å². The maximum atomic E-state index is 12.6. The molecular weight excluding hydrogens is 1450 g/mol. The molecule has 0 unspecified atom stereocenters. The molecule has 0 fully saturated rings. The predicted molar refractivity (Wildman–Crippen MR) is 450 cm³/mol. The molecule has 6 amide bonds. The Morgan fingerprint density at radius 3 is 0.895 bits per heavy atom. The van der Waals surface area contributed by atoms with Gasteiger partial charge in [-0.1, -0.05) is 12.1 Å². The average Bonchev–Trinajstić information content (AvgIpc) is 0.769. The summed E-state index contributed by atoms with van der Waals surface area (Å²) in [7, 11) is 14.0. The van der Waals surface area contributed by atoms with Gasteiger partial charge in [0.15, 0.2) is 0 Å². The van der Waals surface area contributed by atoms with Crippen LogP contribution < -0.4 is 56.2 Å². The van der Waals surface area contributed by atoms with Gasteiger partial charge in [-0.15, -0.1) is 0 Å². The first-order chi connectivity index (χ1) is 55.6. The van der Waals surface area contributed by atoms with Gasteiger partial charge in [-0.25, -0.2) is 0 Å². The molecule has 6 aromatic rings. The number of benzene rings is 4. The maximum Gasteiger partial charge on any atom is 0.222 e. The van der Waals surface area contributed by atoms with Crippen molar-refractivity contribution in [2.45, 2.75) is 155 Å². The van der Waals surface area contributed by atoms with Crippen LogP contribution in [-0.4, -0.2) is 248 Å². The van der Waals surface area contributed by atoms with Crippen molar-refractivity contribution in [1.82, 2.24) is 42.1 Å². The molecule has 7 N–H and O–H groups in total. The molecule has 0 aliphatic carbocycles. The minimum absolute atomic E-state index is 0.00768. The lowest BCUT2D eigenvalue weighted by molar-refractivity contribution is -0.646. The summed E-state index contributed by atoms with van der Waals surface area (Å²) < 4.78 is 55.6. The number of aryl methyl sites for hydroxylation is 2. The SMILES string of the molecule is CNCc1ccc2cc3ccc(CNC)cc3[n+](CCCCCC(=O)NCCCOCCOCCOCCCNC(=O)CCCC(=O)NCCCOCCOCCOCCCN(C)C(=O)CCCC(=O)NCCCOCCOCCOCCCNC(=O)CCCCC[n+]3c4cc(N(C)C)ccc4cc4ccc(N(C)C)cc43)c2c1. The quantitative estimate of drug-likeness (QED) is 0.0108. The first-order valence-corrected chi connectivity index (χ1v) is 41.8. The maximum absolute atomic E-state index is 12.6. The minimum atomic E-state index is -0.0948. The molecule has 27 heteroatoms. The minimum Gasteiger partial charge on any atom is -0.379 e. The first kappa shape index (κ1) is 95.0. The summed E-state index contributed by atoms with van der Waals surface area (Å²) in [5.41, 5.74) is 9.75. The summed E-state index contributed by atoms with van der Waals surface area (Å²) >= 11 is 0. The molecule has 4 aromatic carbocycles. The Morgan fingerprint density at radius 2 is 0.579 bits per heavy atom. The van der Waals surface area contributed by atoms with Crippen molar-refractivity contribution in [3.05, 3.63) is 96.1 Å². The second kappa shape index (κ2) is 58.9. The Hall–Kier alpha value is -7.80. The standard InChI is InChI=1S/C87H136N12O15/c1-88-68-70-28-30-72-64-73-31-29-71(69-89-2)63-79(73)98(78(72)62-70)42-12-8-10-22-82(100)90-36-16-44-106-50-56-112-58-52-108-46-18-38-92-84(102)24-14-25-85(103)93-39-19-47-109-54-60-114-61-55-111-49-21-41-97(7)87(105)27-15-26-86(104)94-40-20-48-110-53-59-113-57-51-107-45-17-37-91-83(101)23-11-9-13-43-99-80-66-76(95(3)4)34-32-74(80)65-75-33-35-77(96(5)6)67-81(75)99/h28-35,62-67,88-89H,8-27,36-61,68-69H2,1-7H3,(H3-2,90,91,92,93,94,100,101,102,103,104)/p+2. The molecule has 2 aromatic heterocycles. The van der Waals surface area contributed by atoms with Crippen LogP contribution in [0.2, 0.25) is 0 Å². The number of nitrogens with zero attached hydrogens (tertiary/aromatic N) is 5. The van der Waals surface area contributed by atoms with Gasteiger partial charge >= 0.3 is 0 Å². The summed E-state index contributed by atoms with van der Waals surface area (Å²) in [6, 6.07) is 31.2. The Bertz CT molecular complexity index is 3610. The van der Waals surface area contributed by atoms with Crippen LogP contribution in [-0.2, 0) is 97.6 Å². The molecule has 0 bridgehead atoms. The topological polar surface area (TPSA) is 287 Å². The smallest absolute Gasteiger partial charge is 0.222 e. The predicted octanol–water partition coefficient (Wildman–Crippen LogP) is 8.14. The highest BCUT2D eigenvalue weighted by atomic mass is 16.6. The summed E-state index contributed by atoms with van der Waals surface area (Å²) in [6.07, 6.45) is 12.8. The molecule has 6 rings (SSSR count). The number of unbranched alkanes of at least 4 members (excludes halogenated alkanes) is 4. The Morgan fingerprint density at radius 1 is 0.298 bits per heavy atom. The molecule has 114 heavy (non-hydrogen) atoms. The molecule has 0 saturated heterocycles. The molecule has 0 aliphatic heterocycles. The molecule has 0 radical (unpaired) electrons. The number of carbonyl (C=O) groups excluding carboxylic acids is 6. The number of aromatic nitrogens is 2. The van der Waals surface area contributed by atoms with Crippen molar-refractivity contribution in [3.8, 4) is 0 Å². The van der Waals surface area contributed by atoms with Gasteiger partial charge in [-0.3, -0.25) is 28.8 Å². The summed E-state index contributed by atoms with van der Waals surface area (Å²) in [5, 5.41) is 26.2. The zero-order valence-electron chi connectivity index (χ0n) is 69.9. The Kier molecular flexibility index (Phi) is 49.1. The number of rotatable bonds is 68. The lowest BCUT2D eigenvalue weighted by Gasteiger charge is -2.17. The van der Waals surface area contributed by atoms with Crippen LogP contribution in [0.25, 0.3) is 43.6 Å². The second-order valence-corrected chi connectivity index (χ2v) is 29.2. The molecule has 0 atom stereocenters. The fourth-order valence-corrected chi connectivity index (χ4v) is 13.0. The van der Waals surface area contributed by atoms with Crippen molar-refractivity contribution in [3.63, 3.8) is 0 Å². The largest absolute Gasteiger partial charge is 0.379 e. The average molecular weight is 1590 g/mol.